The van der Waals surface area contributed by atoms with E-state index in [0.29, 0.717) is 12.2 Å². The summed E-state index contributed by atoms with van der Waals surface area (Å²) in [5, 5.41) is 12.2. The van der Waals surface area contributed by atoms with Crippen molar-refractivity contribution in [1.29, 1.82) is 0 Å². The van der Waals surface area contributed by atoms with Gasteiger partial charge in [-0.2, -0.15) is 4.52 Å². The van der Waals surface area contributed by atoms with Crippen molar-refractivity contribution >= 4 is 33.2 Å². The monoisotopic (exact) mass is 473 g/mol. The van der Waals surface area contributed by atoms with Crippen LogP contribution < -0.4 is 15.5 Å². The molecule has 0 radical (unpaired) electrons. The molecule has 3 heterocycles. The van der Waals surface area contributed by atoms with E-state index in [0.717, 1.165) is 60.6 Å². The zero-order valence-corrected chi connectivity index (χ0v) is 20.5. The molecule has 1 saturated heterocycles. The Kier molecular flexibility index (Phi) is 6.85. The summed E-state index contributed by atoms with van der Waals surface area (Å²) in [6.07, 6.45) is 0.943. The highest BCUT2D eigenvalue weighted by atomic mass is 32.1. The van der Waals surface area contributed by atoms with Crippen LogP contribution in [0.15, 0.2) is 24.3 Å². The van der Waals surface area contributed by atoms with Gasteiger partial charge in [-0.3, -0.25) is 9.69 Å². The average Bonchev–Trinajstić information content (AvgIpc) is 3.31. The Balaban J connectivity index is 1.53. The van der Waals surface area contributed by atoms with Crippen molar-refractivity contribution in [2.75, 3.05) is 49.5 Å². The van der Waals surface area contributed by atoms with E-state index in [1.54, 1.807) is 6.07 Å². The number of fused-ring (bicyclic) bond motifs is 1. The molecule has 1 aliphatic rings. The minimum atomic E-state index is -0.291. The first kappa shape index (κ1) is 23.4. The van der Waals surface area contributed by atoms with Gasteiger partial charge in [0.2, 0.25) is 16.0 Å². The quantitative estimate of drug-likeness (QED) is 0.547. The van der Waals surface area contributed by atoms with Gasteiger partial charge in [-0.1, -0.05) is 30.4 Å². The third-order valence-electron chi connectivity index (χ3n) is 5.37. The number of carbonyl (C=O) groups is 1. The molecule has 0 spiro atoms. The summed E-state index contributed by atoms with van der Waals surface area (Å²) in [7, 11) is 0. The number of anilines is 2. The predicted molar refractivity (Wildman–Crippen MR) is 132 cm³/mol. The molecule has 1 aliphatic heterocycles. The molecule has 8 nitrogen and oxygen atoms in total. The first-order valence-electron chi connectivity index (χ1n) is 11.4. The zero-order chi connectivity index (χ0) is 23.6. The second-order valence-electron chi connectivity index (χ2n) is 9.39. The second-order valence-corrected chi connectivity index (χ2v) is 10.3. The van der Waals surface area contributed by atoms with Crippen LogP contribution in [0.1, 0.15) is 34.1 Å². The Bertz CT molecular complexity index is 1110. The van der Waals surface area contributed by atoms with Crippen LogP contribution in [0.3, 0.4) is 0 Å². The molecule has 0 bridgehead atoms. The number of hydrogen-bond acceptors (Lipinski definition) is 7. The molecule has 33 heavy (non-hydrogen) atoms. The van der Waals surface area contributed by atoms with Gasteiger partial charge in [0.15, 0.2) is 5.82 Å². The van der Waals surface area contributed by atoms with Crippen LogP contribution in [0.2, 0.25) is 0 Å². The first-order chi connectivity index (χ1) is 15.7. The number of nitrogens with zero attached hydrogens (tertiary/aromatic N) is 5. The molecule has 1 fully saturated rings. The van der Waals surface area contributed by atoms with E-state index in [4.69, 9.17) is 10.1 Å². The number of imidazole rings is 1. The number of benzene rings is 1. The fraction of sp³-hybridized carbons (Fsp3) is 0.522. The van der Waals surface area contributed by atoms with E-state index in [9.17, 15) is 9.18 Å². The van der Waals surface area contributed by atoms with E-state index in [2.05, 4.69) is 41.2 Å². The van der Waals surface area contributed by atoms with Crippen LogP contribution in [-0.2, 0) is 4.79 Å². The van der Waals surface area contributed by atoms with Crippen molar-refractivity contribution in [2.24, 2.45) is 0 Å². The van der Waals surface area contributed by atoms with E-state index in [1.165, 1.54) is 23.5 Å². The van der Waals surface area contributed by atoms with Crippen molar-refractivity contribution in [3.8, 4) is 11.3 Å². The molecular weight excluding hydrogens is 441 g/mol. The largest absolute Gasteiger partial charge is 0.364 e. The summed E-state index contributed by atoms with van der Waals surface area (Å²) in [6, 6.07) is 6.49. The molecule has 178 valence electrons. The van der Waals surface area contributed by atoms with Crippen molar-refractivity contribution in [3.63, 3.8) is 0 Å². The van der Waals surface area contributed by atoms with Crippen LogP contribution in [0, 0.1) is 5.82 Å². The van der Waals surface area contributed by atoms with Crippen molar-refractivity contribution in [1.82, 2.24) is 24.8 Å². The summed E-state index contributed by atoms with van der Waals surface area (Å²) in [5.41, 5.74) is 1.19. The summed E-state index contributed by atoms with van der Waals surface area (Å²) in [6.45, 7) is 12.7. The Morgan fingerprint density at radius 1 is 1.21 bits per heavy atom. The number of piperazine rings is 1. The number of nitrogens with one attached hydrogen (secondary N) is 2. The maximum absolute atomic E-state index is 13.9. The highest BCUT2D eigenvalue weighted by Crippen LogP contribution is 2.35. The fourth-order valence-electron chi connectivity index (χ4n) is 3.79. The third-order valence-corrected chi connectivity index (χ3v) is 6.34. The van der Waals surface area contributed by atoms with E-state index in [-0.39, 0.29) is 17.3 Å². The molecular formula is C23H32FN7OS. The number of amides is 1. The molecule has 2 N–H and O–H groups in total. The van der Waals surface area contributed by atoms with Crippen LogP contribution >= 0.6 is 11.3 Å². The highest BCUT2D eigenvalue weighted by molar-refractivity contribution is 7.20. The van der Waals surface area contributed by atoms with E-state index in [1.807, 2.05) is 17.5 Å². The van der Waals surface area contributed by atoms with E-state index < -0.39 is 0 Å². The normalized spacial score (nSPS) is 15.2. The van der Waals surface area contributed by atoms with Gasteiger partial charge >= 0.3 is 0 Å². The Labute approximate surface area is 197 Å². The SMILES string of the molecule is CCCNC(=O)CN1CCN(c2nn3c(NC(C)(C)C)c(-c4cccc(F)c4)nc3s2)CC1. The number of rotatable bonds is 7. The van der Waals surface area contributed by atoms with Gasteiger partial charge < -0.3 is 15.5 Å². The van der Waals surface area contributed by atoms with Crippen LogP contribution in [0.4, 0.5) is 15.3 Å². The molecule has 10 heteroatoms. The van der Waals surface area contributed by atoms with Crippen LogP contribution in [0.25, 0.3) is 16.2 Å². The molecule has 0 unspecified atom stereocenters. The first-order valence-corrected chi connectivity index (χ1v) is 12.2. The Morgan fingerprint density at radius 3 is 2.64 bits per heavy atom. The lowest BCUT2D eigenvalue weighted by Crippen LogP contribution is -2.49. The van der Waals surface area contributed by atoms with Crippen molar-refractivity contribution < 1.29 is 9.18 Å². The lowest BCUT2D eigenvalue weighted by Gasteiger charge is -2.33. The van der Waals surface area contributed by atoms with Gasteiger partial charge in [-0.05, 0) is 39.3 Å². The summed E-state index contributed by atoms with van der Waals surface area (Å²) < 4.78 is 15.7. The number of aromatic nitrogens is 3. The predicted octanol–water partition coefficient (Wildman–Crippen LogP) is 3.46. The maximum Gasteiger partial charge on any atom is 0.234 e. The highest BCUT2D eigenvalue weighted by Gasteiger charge is 2.26. The molecule has 0 aliphatic carbocycles. The van der Waals surface area contributed by atoms with Gasteiger partial charge in [-0.15, -0.1) is 5.10 Å². The minimum Gasteiger partial charge on any atom is -0.364 e. The average molecular weight is 474 g/mol. The van der Waals surface area contributed by atoms with Crippen molar-refractivity contribution in [2.45, 2.75) is 39.7 Å². The lowest BCUT2D eigenvalue weighted by atomic mass is 10.1. The van der Waals surface area contributed by atoms with Gasteiger partial charge in [0.1, 0.15) is 11.5 Å². The minimum absolute atomic E-state index is 0.0841. The molecule has 1 amide bonds. The number of hydrogen-bond donors (Lipinski definition) is 2. The van der Waals surface area contributed by atoms with Crippen LogP contribution in [0.5, 0.6) is 0 Å². The van der Waals surface area contributed by atoms with Crippen LogP contribution in [-0.4, -0.2) is 70.2 Å². The van der Waals surface area contributed by atoms with Gasteiger partial charge in [0, 0.05) is 43.8 Å². The third kappa shape index (κ3) is 5.62. The maximum atomic E-state index is 13.9. The Morgan fingerprint density at radius 2 is 1.97 bits per heavy atom. The molecule has 4 rings (SSSR count). The molecule has 0 atom stereocenters. The lowest BCUT2D eigenvalue weighted by molar-refractivity contribution is -0.122. The van der Waals surface area contributed by atoms with Crippen molar-refractivity contribution in [3.05, 3.63) is 30.1 Å². The van der Waals surface area contributed by atoms with E-state index >= 15 is 0 Å². The van der Waals surface area contributed by atoms with Gasteiger partial charge in [0.05, 0.1) is 6.54 Å². The summed E-state index contributed by atoms with van der Waals surface area (Å²) in [4.78, 5) is 22.0. The summed E-state index contributed by atoms with van der Waals surface area (Å²) in [5.74, 6) is 0.554. The summed E-state index contributed by atoms with van der Waals surface area (Å²) >= 11 is 1.53. The second kappa shape index (κ2) is 9.64. The van der Waals surface area contributed by atoms with Gasteiger partial charge in [0.25, 0.3) is 0 Å². The fourth-order valence-corrected chi connectivity index (χ4v) is 4.74. The number of halogens is 1. The Hall–Kier alpha value is -2.72. The molecule has 0 saturated carbocycles. The zero-order valence-electron chi connectivity index (χ0n) is 19.7. The number of carbonyl (C=O) groups excluding carboxylic acids is 1. The standard InChI is InChI=1S/C23H32FN7OS/c1-5-9-25-18(32)15-29-10-12-30(13-11-29)22-28-31-20(27-23(2,3)4)19(26-21(31)33-22)16-7-6-8-17(24)14-16/h6-8,14,27H,5,9-13,15H2,1-4H3,(H,25,32). The topological polar surface area (TPSA) is 77.8 Å². The van der Waals surface area contributed by atoms with Gasteiger partial charge in [-0.25, -0.2) is 9.37 Å². The molecule has 2 aromatic heterocycles. The molecule has 3 aromatic rings. The molecule has 1 aromatic carbocycles. The smallest absolute Gasteiger partial charge is 0.234 e.